The van der Waals surface area contributed by atoms with Crippen LogP contribution in [0.5, 0.6) is 5.75 Å². The number of carbonyl (C=O) groups excluding carboxylic acids is 1. The van der Waals surface area contributed by atoms with Gasteiger partial charge in [-0.1, -0.05) is 12.1 Å². The van der Waals surface area contributed by atoms with Gasteiger partial charge in [0.05, 0.1) is 13.2 Å². The van der Waals surface area contributed by atoms with Crippen molar-refractivity contribution in [1.82, 2.24) is 10.6 Å². The molecule has 0 saturated heterocycles. The van der Waals surface area contributed by atoms with Crippen LogP contribution < -0.4 is 15.4 Å². The van der Waals surface area contributed by atoms with Gasteiger partial charge in [0, 0.05) is 13.1 Å². The Kier molecular flexibility index (Phi) is 5.44. The molecule has 0 aromatic heterocycles. The molecule has 1 aromatic rings. The fourth-order valence-electron chi connectivity index (χ4n) is 2.77. The molecule has 0 radical (unpaired) electrons. The van der Waals surface area contributed by atoms with Crippen molar-refractivity contribution in [2.75, 3.05) is 13.7 Å². The van der Waals surface area contributed by atoms with Crippen molar-refractivity contribution >= 4 is 6.03 Å². The lowest BCUT2D eigenvalue weighted by molar-refractivity contribution is 0.177. The Morgan fingerprint density at radius 3 is 2.81 bits per heavy atom. The van der Waals surface area contributed by atoms with Crippen LogP contribution in [0.1, 0.15) is 30.4 Å². The van der Waals surface area contributed by atoms with Crippen LogP contribution in [0.15, 0.2) is 18.2 Å². The number of aryl methyl sites for hydroxylation is 1. The third-order valence-corrected chi connectivity index (χ3v) is 3.98. The summed E-state index contributed by atoms with van der Waals surface area (Å²) in [6.45, 7) is 3.10. The third-order valence-electron chi connectivity index (χ3n) is 3.98. The molecule has 1 aromatic carbocycles. The van der Waals surface area contributed by atoms with E-state index in [-0.39, 0.29) is 12.1 Å². The van der Waals surface area contributed by atoms with Crippen LogP contribution in [0.3, 0.4) is 0 Å². The maximum absolute atomic E-state index is 11.8. The van der Waals surface area contributed by atoms with Crippen LogP contribution in [-0.2, 0) is 6.54 Å². The van der Waals surface area contributed by atoms with Crippen molar-refractivity contribution in [3.8, 4) is 5.75 Å². The molecule has 1 aliphatic carbocycles. The van der Waals surface area contributed by atoms with Gasteiger partial charge in [0.15, 0.2) is 0 Å². The molecule has 1 fully saturated rings. The minimum atomic E-state index is -0.192. The average molecular weight is 292 g/mol. The summed E-state index contributed by atoms with van der Waals surface area (Å²) in [5.41, 5.74) is 2.09. The summed E-state index contributed by atoms with van der Waals surface area (Å²) in [6, 6.07) is 5.70. The second-order valence-corrected chi connectivity index (χ2v) is 5.70. The first kappa shape index (κ1) is 15.6. The molecule has 2 amide bonds. The molecule has 2 rings (SSSR count). The first-order valence-corrected chi connectivity index (χ1v) is 7.41. The fourth-order valence-corrected chi connectivity index (χ4v) is 2.77. The van der Waals surface area contributed by atoms with Gasteiger partial charge in [-0.3, -0.25) is 0 Å². The van der Waals surface area contributed by atoms with E-state index in [4.69, 9.17) is 4.74 Å². The lowest BCUT2D eigenvalue weighted by atomic mass is 10.1. The minimum Gasteiger partial charge on any atom is -0.496 e. The summed E-state index contributed by atoms with van der Waals surface area (Å²) in [4.78, 5) is 11.8. The highest BCUT2D eigenvalue weighted by molar-refractivity contribution is 5.73. The van der Waals surface area contributed by atoms with E-state index < -0.39 is 0 Å². The lowest BCUT2D eigenvalue weighted by Crippen LogP contribution is -2.37. The highest BCUT2D eigenvalue weighted by Gasteiger charge is 2.22. The van der Waals surface area contributed by atoms with Gasteiger partial charge >= 0.3 is 6.03 Å². The fraction of sp³-hybridized carbons (Fsp3) is 0.562. The van der Waals surface area contributed by atoms with Gasteiger partial charge in [-0.15, -0.1) is 0 Å². The number of aliphatic hydroxyl groups excluding tert-OH is 1. The molecular weight excluding hydrogens is 268 g/mol. The molecule has 0 spiro atoms. The summed E-state index contributed by atoms with van der Waals surface area (Å²) in [5, 5.41) is 15.2. The predicted octanol–water partition coefficient (Wildman–Crippen LogP) is 1.96. The van der Waals surface area contributed by atoms with E-state index in [1.54, 1.807) is 7.11 Å². The van der Waals surface area contributed by atoms with Crippen molar-refractivity contribution < 1.29 is 14.6 Å². The number of hydrogen-bond acceptors (Lipinski definition) is 3. The molecular formula is C16H24N2O3. The van der Waals surface area contributed by atoms with Crippen LogP contribution >= 0.6 is 0 Å². The van der Waals surface area contributed by atoms with E-state index in [1.807, 2.05) is 25.1 Å². The smallest absolute Gasteiger partial charge is 0.315 e. The molecule has 1 aliphatic rings. The zero-order valence-corrected chi connectivity index (χ0v) is 12.7. The second kappa shape index (κ2) is 7.31. The zero-order chi connectivity index (χ0) is 15.2. The van der Waals surface area contributed by atoms with E-state index in [0.717, 1.165) is 36.1 Å². The maximum Gasteiger partial charge on any atom is 0.315 e. The SMILES string of the molecule is COc1ccc(CNC(=O)NC[C@@H]2CC[C@H](O)C2)cc1C. The Morgan fingerprint density at radius 1 is 1.38 bits per heavy atom. The monoisotopic (exact) mass is 292 g/mol. The Labute approximate surface area is 125 Å². The van der Waals surface area contributed by atoms with Crippen LogP contribution in [0.4, 0.5) is 4.79 Å². The van der Waals surface area contributed by atoms with E-state index in [2.05, 4.69) is 10.6 Å². The number of aliphatic hydroxyl groups is 1. The topological polar surface area (TPSA) is 70.6 Å². The molecule has 21 heavy (non-hydrogen) atoms. The number of methoxy groups -OCH3 is 1. The number of rotatable bonds is 5. The number of urea groups is 1. The second-order valence-electron chi connectivity index (χ2n) is 5.70. The van der Waals surface area contributed by atoms with E-state index in [0.29, 0.717) is 19.0 Å². The van der Waals surface area contributed by atoms with E-state index >= 15 is 0 Å². The van der Waals surface area contributed by atoms with Crippen molar-refractivity contribution in [3.63, 3.8) is 0 Å². The highest BCUT2D eigenvalue weighted by atomic mass is 16.5. The van der Waals surface area contributed by atoms with Crippen molar-refractivity contribution in [2.24, 2.45) is 5.92 Å². The summed E-state index contributed by atoms with van der Waals surface area (Å²) in [7, 11) is 1.65. The van der Waals surface area contributed by atoms with Gasteiger partial charge in [-0.2, -0.15) is 0 Å². The predicted molar refractivity (Wildman–Crippen MR) is 81.3 cm³/mol. The maximum atomic E-state index is 11.8. The molecule has 0 unspecified atom stereocenters. The number of hydrogen-bond donors (Lipinski definition) is 3. The van der Waals surface area contributed by atoms with Crippen LogP contribution in [0, 0.1) is 12.8 Å². The van der Waals surface area contributed by atoms with Crippen LogP contribution in [0.25, 0.3) is 0 Å². The first-order valence-electron chi connectivity index (χ1n) is 7.41. The van der Waals surface area contributed by atoms with Gasteiger partial charge in [-0.25, -0.2) is 4.79 Å². The summed E-state index contributed by atoms with van der Waals surface area (Å²) in [5.74, 6) is 1.25. The minimum absolute atomic E-state index is 0.162. The number of ether oxygens (including phenoxy) is 1. The number of benzene rings is 1. The number of carbonyl (C=O) groups is 1. The molecule has 116 valence electrons. The average Bonchev–Trinajstić information content (AvgIpc) is 2.89. The molecule has 5 heteroatoms. The molecule has 3 N–H and O–H groups in total. The molecule has 0 bridgehead atoms. The summed E-state index contributed by atoms with van der Waals surface area (Å²) in [6.07, 6.45) is 2.43. The van der Waals surface area contributed by atoms with Crippen molar-refractivity contribution in [2.45, 2.75) is 38.8 Å². The molecule has 0 heterocycles. The van der Waals surface area contributed by atoms with Crippen molar-refractivity contribution in [3.05, 3.63) is 29.3 Å². The van der Waals surface area contributed by atoms with E-state index in [1.165, 1.54) is 0 Å². The molecule has 0 aliphatic heterocycles. The normalized spacial score (nSPS) is 21.1. The number of nitrogens with one attached hydrogen (secondary N) is 2. The van der Waals surface area contributed by atoms with Gasteiger partial charge in [0.25, 0.3) is 0 Å². The van der Waals surface area contributed by atoms with Gasteiger partial charge in [-0.05, 0) is 49.3 Å². The Morgan fingerprint density at radius 2 is 2.19 bits per heavy atom. The molecule has 1 saturated carbocycles. The largest absolute Gasteiger partial charge is 0.496 e. The Bertz CT molecular complexity index is 490. The lowest BCUT2D eigenvalue weighted by Gasteiger charge is -2.12. The first-order chi connectivity index (χ1) is 10.1. The van der Waals surface area contributed by atoms with Gasteiger partial charge < -0.3 is 20.5 Å². The van der Waals surface area contributed by atoms with E-state index in [9.17, 15) is 9.90 Å². The zero-order valence-electron chi connectivity index (χ0n) is 12.7. The van der Waals surface area contributed by atoms with Gasteiger partial charge in [0.1, 0.15) is 5.75 Å². The Hall–Kier alpha value is -1.75. The third kappa shape index (κ3) is 4.63. The van der Waals surface area contributed by atoms with Crippen molar-refractivity contribution in [1.29, 1.82) is 0 Å². The molecule has 5 nitrogen and oxygen atoms in total. The summed E-state index contributed by atoms with van der Waals surface area (Å²) < 4.78 is 5.21. The standard InChI is InChI=1S/C16H24N2O3/c1-11-7-12(4-6-15(11)21-2)9-17-16(20)18-10-13-3-5-14(19)8-13/h4,6-7,13-14,19H,3,5,8-10H2,1-2H3,(H2,17,18,20)/t13-,14+/m1/s1. The Balaban J connectivity index is 1.72. The van der Waals surface area contributed by atoms with Crippen LogP contribution in [-0.4, -0.2) is 30.9 Å². The van der Waals surface area contributed by atoms with Gasteiger partial charge in [0.2, 0.25) is 0 Å². The highest BCUT2D eigenvalue weighted by Crippen LogP contribution is 2.24. The van der Waals surface area contributed by atoms with Crippen LogP contribution in [0.2, 0.25) is 0 Å². The molecule has 2 atom stereocenters. The quantitative estimate of drug-likeness (QED) is 0.777. The summed E-state index contributed by atoms with van der Waals surface area (Å²) >= 11 is 0. The number of amides is 2.